The quantitative estimate of drug-likeness (QED) is 0.0975. The number of halogens is 4. The van der Waals surface area contributed by atoms with Crippen molar-refractivity contribution in [3.8, 4) is 5.75 Å². The van der Waals surface area contributed by atoms with E-state index in [-0.39, 0.29) is 32.0 Å². The van der Waals surface area contributed by atoms with Gasteiger partial charge in [0.15, 0.2) is 6.61 Å². The maximum Gasteiger partial charge on any atom is 0.422 e. The standard InChI is InChI=1S/C44H44ClF3O8/c1-51-44(36-19-22-38(45)35(24-36)23-31-17-20-37(21-18-31)55-30-43(46,47)48)41(54-27-34-15-9-4-10-16-34)39(52-25-32-11-5-2-6-12-32)40(42(28-49,29-50)56-44)53-26-33-13-7-3-8-14-33/h2-22,24,39-41,49-50H,23,25-30H2,1H3/t39?,40-,41+,44-/m0/s1. The number of methoxy groups -OCH3 is 1. The number of hydrogen-bond acceptors (Lipinski definition) is 8. The van der Waals surface area contributed by atoms with Gasteiger partial charge in [-0.25, -0.2) is 0 Å². The normalized spacial score (nSPS) is 20.8. The van der Waals surface area contributed by atoms with Crippen LogP contribution in [0, 0.1) is 0 Å². The summed E-state index contributed by atoms with van der Waals surface area (Å²) in [7, 11) is 1.45. The van der Waals surface area contributed by atoms with Gasteiger partial charge in [0.05, 0.1) is 33.0 Å². The summed E-state index contributed by atoms with van der Waals surface area (Å²) in [5.41, 5.74) is 2.64. The average Bonchev–Trinajstić information content (AvgIpc) is 3.22. The first-order valence-corrected chi connectivity index (χ1v) is 18.5. The fraction of sp³-hybridized carbons (Fsp3) is 0.318. The lowest BCUT2D eigenvalue weighted by atomic mass is 9.80. The molecule has 0 saturated carbocycles. The summed E-state index contributed by atoms with van der Waals surface area (Å²) in [4.78, 5) is 0. The molecule has 6 rings (SSSR count). The van der Waals surface area contributed by atoms with E-state index in [9.17, 15) is 23.4 Å². The van der Waals surface area contributed by atoms with E-state index < -0.39 is 55.7 Å². The van der Waals surface area contributed by atoms with Crippen LogP contribution < -0.4 is 4.74 Å². The van der Waals surface area contributed by atoms with Crippen LogP contribution in [-0.4, -0.2) is 67.2 Å². The summed E-state index contributed by atoms with van der Waals surface area (Å²) in [6.07, 6.45) is -7.32. The van der Waals surface area contributed by atoms with Gasteiger partial charge in [-0.15, -0.1) is 0 Å². The molecular formula is C44H44ClF3O8. The zero-order valence-electron chi connectivity index (χ0n) is 30.7. The first kappa shape index (κ1) is 41.3. The minimum Gasteiger partial charge on any atom is -0.484 e. The summed E-state index contributed by atoms with van der Waals surface area (Å²) in [5.74, 6) is -1.74. The minimum atomic E-state index is -4.46. The molecule has 8 nitrogen and oxygen atoms in total. The van der Waals surface area contributed by atoms with Gasteiger partial charge in [-0.1, -0.05) is 121 Å². The van der Waals surface area contributed by atoms with Crippen molar-refractivity contribution in [2.75, 3.05) is 26.9 Å². The number of hydrogen-bond donors (Lipinski definition) is 2. The molecule has 0 bridgehead atoms. The molecule has 2 N–H and O–H groups in total. The maximum absolute atomic E-state index is 12.7. The average molecular weight is 793 g/mol. The Balaban J connectivity index is 1.42. The van der Waals surface area contributed by atoms with Crippen LogP contribution in [0.15, 0.2) is 133 Å². The van der Waals surface area contributed by atoms with Crippen molar-refractivity contribution in [3.05, 3.63) is 172 Å². The lowest BCUT2D eigenvalue weighted by Crippen LogP contribution is -2.72. The largest absolute Gasteiger partial charge is 0.484 e. The highest BCUT2D eigenvalue weighted by molar-refractivity contribution is 6.31. The van der Waals surface area contributed by atoms with Crippen LogP contribution in [0.3, 0.4) is 0 Å². The number of aliphatic hydroxyl groups excluding tert-OH is 2. The van der Waals surface area contributed by atoms with Crippen LogP contribution in [0.25, 0.3) is 0 Å². The first-order chi connectivity index (χ1) is 27.1. The molecule has 296 valence electrons. The molecule has 0 amide bonds. The van der Waals surface area contributed by atoms with Crippen molar-refractivity contribution in [1.29, 1.82) is 0 Å². The molecule has 0 spiro atoms. The van der Waals surface area contributed by atoms with Gasteiger partial charge in [0.2, 0.25) is 5.79 Å². The van der Waals surface area contributed by atoms with E-state index >= 15 is 0 Å². The zero-order valence-corrected chi connectivity index (χ0v) is 31.5. The predicted molar refractivity (Wildman–Crippen MR) is 204 cm³/mol. The fourth-order valence-electron chi connectivity index (χ4n) is 6.81. The van der Waals surface area contributed by atoms with Crippen molar-refractivity contribution in [1.82, 2.24) is 0 Å². The number of ether oxygens (including phenoxy) is 6. The second-order valence-electron chi connectivity index (χ2n) is 13.6. The van der Waals surface area contributed by atoms with Gasteiger partial charge in [-0.2, -0.15) is 13.2 Å². The number of rotatable bonds is 17. The number of aliphatic hydroxyl groups is 2. The molecule has 0 aliphatic carbocycles. The zero-order chi connectivity index (χ0) is 39.6. The molecule has 5 aromatic carbocycles. The fourth-order valence-corrected chi connectivity index (χ4v) is 7.00. The maximum atomic E-state index is 12.7. The molecule has 0 aromatic heterocycles. The summed E-state index contributed by atoms with van der Waals surface area (Å²) >= 11 is 6.77. The van der Waals surface area contributed by atoms with Crippen LogP contribution in [0.4, 0.5) is 13.2 Å². The molecule has 0 radical (unpaired) electrons. The Kier molecular flexibility index (Phi) is 13.8. The van der Waals surface area contributed by atoms with E-state index in [0.717, 1.165) is 22.3 Å². The van der Waals surface area contributed by atoms with Gasteiger partial charge in [0.25, 0.3) is 0 Å². The summed E-state index contributed by atoms with van der Waals surface area (Å²) < 4.78 is 76.5. The first-order valence-electron chi connectivity index (χ1n) is 18.1. The summed E-state index contributed by atoms with van der Waals surface area (Å²) in [5, 5.41) is 22.7. The van der Waals surface area contributed by atoms with Gasteiger partial charge in [0, 0.05) is 17.7 Å². The highest BCUT2D eigenvalue weighted by atomic mass is 35.5. The Morgan fingerprint density at radius 2 is 1.18 bits per heavy atom. The van der Waals surface area contributed by atoms with Gasteiger partial charge in [-0.3, -0.25) is 0 Å². The molecule has 12 heteroatoms. The molecule has 4 atom stereocenters. The van der Waals surface area contributed by atoms with E-state index in [4.69, 9.17) is 40.0 Å². The monoisotopic (exact) mass is 792 g/mol. The van der Waals surface area contributed by atoms with E-state index in [1.165, 1.54) is 19.2 Å². The topological polar surface area (TPSA) is 95.8 Å². The summed E-state index contributed by atoms with van der Waals surface area (Å²) in [6, 6.07) is 40.1. The SMILES string of the molecule is CO[C@@]1(c2ccc(Cl)c(Cc3ccc(OCC(F)(F)F)cc3)c2)OC(CO)(CO)[C@@H](OCc2ccccc2)C(OCc2ccccc2)[C@H]1OCc1ccccc1. The van der Waals surface area contributed by atoms with E-state index in [1.54, 1.807) is 30.3 Å². The number of benzene rings is 5. The van der Waals surface area contributed by atoms with Crippen LogP contribution in [0.5, 0.6) is 5.75 Å². The Morgan fingerprint density at radius 1 is 0.661 bits per heavy atom. The van der Waals surface area contributed by atoms with Crippen molar-refractivity contribution >= 4 is 11.6 Å². The van der Waals surface area contributed by atoms with Gasteiger partial charge in [-0.05, 0) is 58.5 Å². The third kappa shape index (κ3) is 9.98. The molecule has 56 heavy (non-hydrogen) atoms. The second kappa shape index (κ2) is 18.8. The number of alkyl halides is 3. The Labute approximate surface area is 329 Å². The summed E-state index contributed by atoms with van der Waals surface area (Å²) in [6.45, 7) is -2.39. The van der Waals surface area contributed by atoms with E-state index in [1.807, 2.05) is 91.0 Å². The van der Waals surface area contributed by atoms with Crippen LogP contribution in [0.1, 0.15) is 33.4 Å². The molecular weight excluding hydrogens is 749 g/mol. The van der Waals surface area contributed by atoms with Crippen LogP contribution in [-0.2, 0) is 55.7 Å². The highest BCUT2D eigenvalue weighted by Crippen LogP contribution is 2.48. The van der Waals surface area contributed by atoms with Crippen LogP contribution in [0.2, 0.25) is 5.02 Å². The third-order valence-corrected chi connectivity index (χ3v) is 10.1. The molecule has 1 saturated heterocycles. The minimum absolute atomic E-state index is 0.0770. The van der Waals surface area contributed by atoms with E-state index in [2.05, 4.69) is 0 Å². The molecule has 1 aliphatic heterocycles. The van der Waals surface area contributed by atoms with Crippen molar-refractivity contribution in [3.63, 3.8) is 0 Å². The smallest absolute Gasteiger partial charge is 0.422 e. The van der Waals surface area contributed by atoms with Gasteiger partial charge >= 0.3 is 6.18 Å². The highest BCUT2D eigenvalue weighted by Gasteiger charge is 2.64. The van der Waals surface area contributed by atoms with Crippen LogP contribution >= 0.6 is 11.6 Å². The Bertz CT molecular complexity index is 1950. The van der Waals surface area contributed by atoms with Gasteiger partial charge < -0.3 is 38.6 Å². The lowest BCUT2D eigenvalue weighted by Gasteiger charge is -2.56. The molecule has 1 unspecified atom stereocenters. The molecule has 1 fully saturated rings. The van der Waals surface area contributed by atoms with E-state index in [0.29, 0.717) is 16.1 Å². The van der Waals surface area contributed by atoms with Crippen molar-refractivity contribution < 1.29 is 51.8 Å². The lowest BCUT2D eigenvalue weighted by molar-refractivity contribution is -0.417. The Hall–Kier alpha value is -4.30. The predicted octanol–water partition coefficient (Wildman–Crippen LogP) is 8.18. The van der Waals surface area contributed by atoms with Gasteiger partial charge in [0.1, 0.15) is 29.7 Å². The van der Waals surface area contributed by atoms with Crippen molar-refractivity contribution in [2.24, 2.45) is 0 Å². The molecule has 1 aliphatic rings. The third-order valence-electron chi connectivity index (χ3n) is 9.68. The Morgan fingerprint density at radius 3 is 1.68 bits per heavy atom. The van der Waals surface area contributed by atoms with Crippen molar-refractivity contribution in [2.45, 2.75) is 62.1 Å². The second-order valence-corrected chi connectivity index (χ2v) is 14.0. The molecule has 1 heterocycles. The molecule has 5 aromatic rings.